The Labute approximate surface area is 112 Å². The maximum atomic E-state index is 5.99. The number of nitrogens with one attached hydrogen (secondary N) is 1. The average molecular weight is 270 g/mol. The van der Waals surface area contributed by atoms with E-state index in [1.807, 2.05) is 11.6 Å². The highest BCUT2D eigenvalue weighted by molar-refractivity contribution is 7.09. The molecule has 0 radical (unpaired) electrons. The van der Waals surface area contributed by atoms with Crippen LogP contribution in [-0.2, 0) is 4.74 Å². The number of hydrogen-bond acceptors (Lipinski definition) is 6. The minimum atomic E-state index is 0.204. The van der Waals surface area contributed by atoms with Gasteiger partial charge in [0.2, 0.25) is 0 Å². The van der Waals surface area contributed by atoms with Crippen molar-refractivity contribution >= 4 is 11.3 Å². The molecule has 18 heavy (non-hydrogen) atoms. The van der Waals surface area contributed by atoms with E-state index in [1.165, 1.54) is 0 Å². The van der Waals surface area contributed by atoms with Crippen LogP contribution in [0.25, 0.3) is 0 Å². The van der Waals surface area contributed by atoms with Gasteiger partial charge in [-0.05, 0) is 19.4 Å². The fourth-order valence-electron chi connectivity index (χ4n) is 2.25. The van der Waals surface area contributed by atoms with Crippen molar-refractivity contribution in [2.75, 3.05) is 33.4 Å². The van der Waals surface area contributed by atoms with E-state index < -0.39 is 0 Å². The summed E-state index contributed by atoms with van der Waals surface area (Å²) in [6.45, 7) is 3.71. The molecule has 5 nitrogen and oxygen atoms in total. The van der Waals surface area contributed by atoms with Gasteiger partial charge in [0.25, 0.3) is 0 Å². The zero-order valence-corrected chi connectivity index (χ0v) is 11.7. The quantitative estimate of drug-likeness (QED) is 0.718. The third-order valence-electron chi connectivity index (χ3n) is 3.17. The number of likely N-dealkylation sites (tertiary alicyclic amines) is 1. The summed E-state index contributed by atoms with van der Waals surface area (Å²) < 4.78 is 5.07. The molecule has 1 aliphatic heterocycles. The lowest BCUT2D eigenvalue weighted by Crippen LogP contribution is -2.39. The predicted octanol–water partition coefficient (Wildman–Crippen LogP) is 0.801. The standard InChI is InChI=1S/C12H22N4OS/c1-17-7-2-4-14-11(12-15-5-8-18-12)16-6-3-10(13)9-16/h5,8,10-11,14H,2-4,6-7,9,13H2,1H3. The van der Waals surface area contributed by atoms with Crippen LogP contribution in [0.4, 0.5) is 0 Å². The highest BCUT2D eigenvalue weighted by atomic mass is 32.1. The smallest absolute Gasteiger partial charge is 0.124 e. The molecule has 0 bridgehead atoms. The molecule has 0 amide bonds. The van der Waals surface area contributed by atoms with Crippen molar-refractivity contribution in [1.29, 1.82) is 0 Å². The Balaban J connectivity index is 1.91. The van der Waals surface area contributed by atoms with Gasteiger partial charge in [-0.15, -0.1) is 11.3 Å². The van der Waals surface area contributed by atoms with Crippen LogP contribution in [0.5, 0.6) is 0 Å². The second-order valence-electron chi connectivity index (χ2n) is 4.62. The molecule has 1 saturated heterocycles. The zero-order valence-electron chi connectivity index (χ0n) is 10.8. The molecule has 0 spiro atoms. The lowest BCUT2D eigenvalue weighted by molar-refractivity contribution is 0.174. The van der Waals surface area contributed by atoms with Gasteiger partial charge < -0.3 is 10.5 Å². The van der Waals surface area contributed by atoms with Gasteiger partial charge >= 0.3 is 0 Å². The van der Waals surface area contributed by atoms with Crippen molar-refractivity contribution in [3.63, 3.8) is 0 Å². The average Bonchev–Trinajstić information content (AvgIpc) is 3.01. The van der Waals surface area contributed by atoms with E-state index in [9.17, 15) is 0 Å². The van der Waals surface area contributed by atoms with Crippen LogP contribution < -0.4 is 11.1 Å². The fraction of sp³-hybridized carbons (Fsp3) is 0.750. The molecule has 1 aromatic rings. The van der Waals surface area contributed by atoms with Crippen LogP contribution in [0.15, 0.2) is 11.6 Å². The lowest BCUT2D eigenvalue weighted by Gasteiger charge is -2.27. The number of rotatable bonds is 7. The molecular weight excluding hydrogens is 248 g/mol. The van der Waals surface area contributed by atoms with Crippen molar-refractivity contribution in [1.82, 2.24) is 15.2 Å². The fourth-order valence-corrected chi connectivity index (χ4v) is 2.99. The van der Waals surface area contributed by atoms with E-state index in [-0.39, 0.29) is 6.17 Å². The molecule has 2 rings (SSSR count). The topological polar surface area (TPSA) is 63.4 Å². The predicted molar refractivity (Wildman–Crippen MR) is 73.5 cm³/mol. The third-order valence-corrected chi connectivity index (χ3v) is 4.00. The van der Waals surface area contributed by atoms with Gasteiger partial charge in [0.15, 0.2) is 0 Å². The lowest BCUT2D eigenvalue weighted by atomic mass is 10.3. The first-order chi connectivity index (χ1) is 8.81. The highest BCUT2D eigenvalue weighted by Gasteiger charge is 2.28. The first kappa shape index (κ1) is 13.9. The largest absolute Gasteiger partial charge is 0.385 e. The molecule has 1 aliphatic rings. The monoisotopic (exact) mass is 270 g/mol. The Morgan fingerprint density at radius 1 is 1.72 bits per heavy atom. The second kappa shape index (κ2) is 7.16. The number of methoxy groups -OCH3 is 1. The zero-order chi connectivity index (χ0) is 12.8. The van der Waals surface area contributed by atoms with Gasteiger partial charge in [-0.25, -0.2) is 4.98 Å². The number of thiazole rings is 1. The van der Waals surface area contributed by atoms with Gasteiger partial charge in [-0.3, -0.25) is 10.2 Å². The van der Waals surface area contributed by atoms with Crippen molar-refractivity contribution in [3.8, 4) is 0 Å². The van der Waals surface area contributed by atoms with Gasteiger partial charge in [0.05, 0.1) is 0 Å². The van der Waals surface area contributed by atoms with E-state index in [0.29, 0.717) is 6.04 Å². The first-order valence-electron chi connectivity index (χ1n) is 6.42. The minimum absolute atomic E-state index is 0.204. The number of nitrogens with two attached hydrogens (primary N) is 1. The second-order valence-corrected chi connectivity index (χ2v) is 5.54. The Kier molecular flexibility index (Phi) is 5.52. The molecule has 0 saturated carbocycles. The van der Waals surface area contributed by atoms with Crippen molar-refractivity contribution in [2.45, 2.75) is 25.0 Å². The van der Waals surface area contributed by atoms with Gasteiger partial charge in [0.1, 0.15) is 11.2 Å². The molecular formula is C12H22N4OS. The third kappa shape index (κ3) is 3.73. The molecule has 1 aromatic heterocycles. The molecule has 6 heteroatoms. The van der Waals surface area contributed by atoms with Crippen molar-refractivity contribution in [3.05, 3.63) is 16.6 Å². The molecule has 1 fully saturated rings. The van der Waals surface area contributed by atoms with Crippen molar-refractivity contribution < 1.29 is 4.74 Å². The van der Waals surface area contributed by atoms with E-state index >= 15 is 0 Å². The molecule has 3 N–H and O–H groups in total. The van der Waals surface area contributed by atoms with E-state index in [0.717, 1.165) is 44.1 Å². The number of hydrogen-bond donors (Lipinski definition) is 2. The van der Waals surface area contributed by atoms with Gasteiger partial charge in [0, 0.05) is 44.4 Å². The maximum Gasteiger partial charge on any atom is 0.124 e. The van der Waals surface area contributed by atoms with Crippen molar-refractivity contribution in [2.24, 2.45) is 5.73 Å². The summed E-state index contributed by atoms with van der Waals surface area (Å²) in [5.41, 5.74) is 5.99. The van der Waals surface area contributed by atoms with Crippen LogP contribution in [-0.4, -0.2) is 49.3 Å². The highest BCUT2D eigenvalue weighted by Crippen LogP contribution is 2.23. The summed E-state index contributed by atoms with van der Waals surface area (Å²) in [4.78, 5) is 6.81. The van der Waals surface area contributed by atoms with Gasteiger partial charge in [-0.1, -0.05) is 0 Å². The number of nitrogens with zero attached hydrogens (tertiary/aromatic N) is 2. The molecule has 0 aromatic carbocycles. The molecule has 102 valence electrons. The van der Waals surface area contributed by atoms with Crippen LogP contribution in [0, 0.1) is 0 Å². The summed E-state index contributed by atoms with van der Waals surface area (Å²) in [6.07, 6.45) is 4.15. The maximum absolute atomic E-state index is 5.99. The van der Waals surface area contributed by atoms with Crippen LogP contribution >= 0.6 is 11.3 Å². The van der Waals surface area contributed by atoms with E-state index in [4.69, 9.17) is 10.5 Å². The Bertz CT molecular complexity index is 333. The molecule has 2 unspecified atom stereocenters. The Morgan fingerprint density at radius 3 is 3.22 bits per heavy atom. The Hall–Kier alpha value is -0.530. The van der Waals surface area contributed by atoms with Crippen LogP contribution in [0.2, 0.25) is 0 Å². The number of ether oxygens (including phenoxy) is 1. The summed E-state index contributed by atoms with van der Waals surface area (Å²) in [7, 11) is 1.73. The first-order valence-corrected chi connectivity index (χ1v) is 7.30. The summed E-state index contributed by atoms with van der Waals surface area (Å²) in [5, 5.41) is 6.71. The Morgan fingerprint density at radius 2 is 2.61 bits per heavy atom. The summed E-state index contributed by atoms with van der Waals surface area (Å²) in [6, 6.07) is 0.299. The summed E-state index contributed by atoms with van der Waals surface area (Å²) in [5.74, 6) is 0. The van der Waals surface area contributed by atoms with E-state index in [2.05, 4.69) is 15.2 Å². The molecule has 2 atom stereocenters. The molecule has 2 heterocycles. The van der Waals surface area contributed by atoms with Gasteiger partial charge in [-0.2, -0.15) is 0 Å². The van der Waals surface area contributed by atoms with Crippen LogP contribution in [0.3, 0.4) is 0 Å². The van der Waals surface area contributed by atoms with Crippen LogP contribution in [0.1, 0.15) is 24.0 Å². The number of aromatic nitrogens is 1. The van der Waals surface area contributed by atoms with E-state index in [1.54, 1.807) is 18.4 Å². The molecule has 0 aliphatic carbocycles. The normalized spacial score (nSPS) is 22.4. The summed E-state index contributed by atoms with van der Waals surface area (Å²) >= 11 is 1.70. The minimum Gasteiger partial charge on any atom is -0.385 e. The SMILES string of the molecule is COCCCNC(c1nccs1)N1CCC(N)C1.